The van der Waals surface area contributed by atoms with Crippen LogP contribution < -0.4 is 0 Å². The molecule has 2 aromatic heterocycles. The zero-order valence-electron chi connectivity index (χ0n) is 22.8. The van der Waals surface area contributed by atoms with E-state index in [1.165, 1.54) is 14.7 Å². The molecule has 8 unspecified atom stereocenters. The standard InChI is InChI=1S/C30H26N4O9/c35-25-19-13-1-2-14(41-13)20(19)26(36)32(25)10-7-31(8-11-33-27(37)21-15-3-4-16(42-15)22(21)28(33)38)9-12-34-29(39)23-17-5-6-18(43-17)24(23)30(34)40/h1-6,13-16,19-22H,7-12H2. The molecule has 0 aliphatic carbocycles. The van der Waals surface area contributed by atoms with Gasteiger partial charge in [0.1, 0.15) is 11.2 Å². The molecule has 0 N–H and O–H groups in total. The van der Waals surface area contributed by atoms with Crippen LogP contribution in [0.15, 0.2) is 40.9 Å². The summed E-state index contributed by atoms with van der Waals surface area (Å²) >= 11 is 0. The van der Waals surface area contributed by atoms with Crippen LogP contribution in [0.4, 0.5) is 0 Å². The first-order valence-corrected chi connectivity index (χ1v) is 14.6. The third-order valence-electron chi connectivity index (χ3n) is 10.2. The molecular formula is C30H26N4O9. The zero-order valence-corrected chi connectivity index (χ0v) is 22.8. The summed E-state index contributed by atoms with van der Waals surface area (Å²) in [4.78, 5) is 84.6. The molecule has 2 aromatic rings. The summed E-state index contributed by atoms with van der Waals surface area (Å²) in [5, 5.41) is 0. The second-order valence-corrected chi connectivity index (χ2v) is 12.2. The average Bonchev–Trinajstić information content (AvgIpc) is 3.85. The van der Waals surface area contributed by atoms with Gasteiger partial charge in [-0.2, -0.15) is 0 Å². The lowest BCUT2D eigenvalue weighted by atomic mass is 9.85. The Balaban J connectivity index is 0.910. The first-order valence-electron chi connectivity index (χ1n) is 14.6. The lowest BCUT2D eigenvalue weighted by Crippen LogP contribution is -2.46. The van der Waals surface area contributed by atoms with Crippen LogP contribution in [0.25, 0.3) is 11.2 Å². The van der Waals surface area contributed by atoms with Crippen LogP contribution in [0.2, 0.25) is 0 Å². The topological polar surface area (TPSA) is 147 Å². The van der Waals surface area contributed by atoms with Crippen LogP contribution in [0.3, 0.4) is 0 Å². The molecule has 8 atom stereocenters. The number of nitrogens with zero attached hydrogens (tertiary/aromatic N) is 4. The Morgan fingerprint density at radius 3 is 1.26 bits per heavy atom. The molecule has 0 aromatic carbocycles. The summed E-state index contributed by atoms with van der Waals surface area (Å²) in [6.45, 7) is 0.946. The van der Waals surface area contributed by atoms with E-state index >= 15 is 0 Å². The molecule has 7 aliphatic heterocycles. The number of fused-ring (bicyclic) bond motifs is 15. The van der Waals surface area contributed by atoms with Gasteiger partial charge in [-0.1, -0.05) is 24.3 Å². The molecule has 6 amide bonds. The van der Waals surface area contributed by atoms with Gasteiger partial charge in [0.05, 0.1) is 59.2 Å². The van der Waals surface area contributed by atoms with Crippen molar-refractivity contribution >= 4 is 46.6 Å². The van der Waals surface area contributed by atoms with Crippen molar-refractivity contribution in [3.8, 4) is 0 Å². The van der Waals surface area contributed by atoms with Gasteiger partial charge in [-0.25, -0.2) is 0 Å². The van der Waals surface area contributed by atoms with E-state index < -0.39 is 35.5 Å². The van der Waals surface area contributed by atoms with Crippen molar-refractivity contribution in [3.63, 3.8) is 0 Å². The van der Waals surface area contributed by atoms with Crippen molar-refractivity contribution in [3.05, 3.63) is 47.6 Å². The fraction of sp³-hybridized carbons (Fsp3) is 0.467. The largest absolute Gasteiger partial charge is 0.456 e. The van der Waals surface area contributed by atoms with Crippen LogP contribution >= 0.6 is 0 Å². The Hall–Kier alpha value is -4.20. The highest BCUT2D eigenvalue weighted by molar-refractivity contribution is 6.27. The highest BCUT2D eigenvalue weighted by atomic mass is 16.5. The fourth-order valence-electron chi connectivity index (χ4n) is 8.07. The number of imide groups is 3. The number of hydrogen-bond acceptors (Lipinski definition) is 10. The summed E-state index contributed by atoms with van der Waals surface area (Å²) in [5.74, 6) is -4.01. The number of furan rings is 2. The molecule has 0 radical (unpaired) electrons. The lowest BCUT2D eigenvalue weighted by Gasteiger charge is -2.28. The number of carbonyl (C=O) groups excluding carboxylic acids is 6. The Morgan fingerprint density at radius 1 is 0.535 bits per heavy atom. The molecule has 4 saturated heterocycles. The minimum Gasteiger partial charge on any atom is -0.456 e. The van der Waals surface area contributed by atoms with Crippen molar-refractivity contribution < 1.29 is 42.7 Å². The summed E-state index contributed by atoms with van der Waals surface area (Å²) in [7, 11) is 0. The molecule has 4 fully saturated rings. The molecule has 7 aliphatic rings. The quantitative estimate of drug-likeness (QED) is 0.282. The van der Waals surface area contributed by atoms with Crippen LogP contribution in [0.5, 0.6) is 0 Å². The lowest BCUT2D eigenvalue weighted by molar-refractivity contribution is -0.143. The predicted octanol–water partition coefficient (Wildman–Crippen LogP) is -0.355. The fourth-order valence-corrected chi connectivity index (χ4v) is 8.07. The predicted molar refractivity (Wildman–Crippen MR) is 142 cm³/mol. The maximum atomic E-state index is 13.2. The van der Waals surface area contributed by atoms with Gasteiger partial charge in [0.2, 0.25) is 23.6 Å². The maximum absolute atomic E-state index is 13.2. The normalized spacial score (nSPS) is 35.0. The van der Waals surface area contributed by atoms with Gasteiger partial charge >= 0.3 is 0 Å². The Labute approximate surface area is 243 Å². The number of ether oxygens (including phenoxy) is 2. The molecule has 220 valence electrons. The minimum atomic E-state index is -0.518. The van der Waals surface area contributed by atoms with Gasteiger partial charge in [0, 0.05) is 39.3 Å². The van der Waals surface area contributed by atoms with E-state index in [0.717, 1.165) is 0 Å². The van der Waals surface area contributed by atoms with Gasteiger partial charge < -0.3 is 13.9 Å². The summed E-state index contributed by atoms with van der Waals surface area (Å²) in [5.41, 5.74) is 1.28. The second kappa shape index (κ2) is 8.68. The number of benzene rings is 1. The van der Waals surface area contributed by atoms with E-state index in [1.54, 1.807) is 12.1 Å². The van der Waals surface area contributed by atoms with Crippen molar-refractivity contribution in [2.45, 2.75) is 24.4 Å². The number of amides is 6. The Morgan fingerprint density at radius 2 is 0.884 bits per heavy atom. The number of rotatable bonds is 9. The first-order chi connectivity index (χ1) is 20.8. The van der Waals surface area contributed by atoms with Crippen molar-refractivity contribution in [1.29, 1.82) is 0 Å². The Kier molecular flexibility index (Phi) is 5.11. The Bertz CT molecular complexity index is 1530. The summed E-state index contributed by atoms with van der Waals surface area (Å²) < 4.78 is 16.9. The first kappa shape index (κ1) is 25.3. The molecule has 9 heterocycles. The molecule has 0 spiro atoms. The van der Waals surface area contributed by atoms with Crippen LogP contribution in [-0.4, -0.2) is 119 Å². The van der Waals surface area contributed by atoms with Gasteiger partial charge in [-0.3, -0.25) is 48.4 Å². The van der Waals surface area contributed by atoms with Gasteiger partial charge in [0.15, 0.2) is 0 Å². The van der Waals surface area contributed by atoms with Crippen molar-refractivity contribution in [2.24, 2.45) is 23.7 Å². The van der Waals surface area contributed by atoms with Crippen LogP contribution in [-0.2, 0) is 28.7 Å². The molecule has 13 heteroatoms. The van der Waals surface area contributed by atoms with E-state index in [2.05, 4.69) is 0 Å². The molecule has 9 rings (SSSR count). The summed E-state index contributed by atoms with van der Waals surface area (Å²) in [6, 6.07) is 3.32. The highest BCUT2D eigenvalue weighted by Crippen LogP contribution is 2.46. The van der Waals surface area contributed by atoms with Gasteiger partial charge in [-0.05, 0) is 12.1 Å². The molecule has 0 saturated carbocycles. The summed E-state index contributed by atoms with van der Waals surface area (Å²) in [6.07, 6.45) is 5.77. The van der Waals surface area contributed by atoms with E-state index in [1.807, 2.05) is 29.2 Å². The number of carbonyl (C=O) groups is 6. The molecule has 13 nitrogen and oxygen atoms in total. The van der Waals surface area contributed by atoms with Crippen LogP contribution in [0, 0.1) is 23.7 Å². The van der Waals surface area contributed by atoms with Gasteiger partial charge in [0.25, 0.3) is 11.8 Å². The third kappa shape index (κ3) is 3.27. The highest BCUT2D eigenvalue weighted by Gasteiger charge is 2.61. The number of likely N-dealkylation sites (tertiary alicyclic amines) is 2. The van der Waals surface area contributed by atoms with E-state index in [9.17, 15) is 28.8 Å². The average molecular weight is 587 g/mol. The third-order valence-corrected chi connectivity index (χ3v) is 10.2. The number of hydrogen-bond donors (Lipinski definition) is 0. The molecular weight excluding hydrogens is 560 g/mol. The van der Waals surface area contributed by atoms with Gasteiger partial charge in [-0.15, -0.1) is 0 Å². The zero-order chi connectivity index (χ0) is 29.3. The monoisotopic (exact) mass is 586 g/mol. The second-order valence-electron chi connectivity index (χ2n) is 12.2. The minimum absolute atomic E-state index is 0.0509. The van der Waals surface area contributed by atoms with E-state index in [0.29, 0.717) is 11.2 Å². The molecule has 6 bridgehead atoms. The van der Waals surface area contributed by atoms with Crippen LogP contribution in [0.1, 0.15) is 20.7 Å². The maximum Gasteiger partial charge on any atom is 0.265 e. The van der Waals surface area contributed by atoms with Crippen molar-refractivity contribution in [2.75, 3.05) is 39.3 Å². The van der Waals surface area contributed by atoms with E-state index in [-0.39, 0.29) is 98.4 Å². The van der Waals surface area contributed by atoms with Crippen molar-refractivity contribution in [1.82, 2.24) is 19.6 Å². The molecule has 43 heavy (non-hydrogen) atoms. The van der Waals surface area contributed by atoms with E-state index in [4.69, 9.17) is 13.9 Å². The SMILES string of the molecule is O=C1c2c(c3ccc2o3)C(=O)N1CCN(CCN1C(=O)C2C3C=CC(O3)C2C1=O)CCN1C(=O)C2C3C=CC(O3)C2C1=O. The smallest absolute Gasteiger partial charge is 0.265 e.